The molecule has 0 amide bonds. The van der Waals surface area contributed by atoms with E-state index in [9.17, 15) is 18.7 Å². The van der Waals surface area contributed by atoms with Gasteiger partial charge in [0.05, 0.1) is 17.4 Å². The van der Waals surface area contributed by atoms with Gasteiger partial charge < -0.3 is 9.63 Å². The molecule has 158 valence electrons. The molecule has 2 aromatic heterocycles. The quantitative estimate of drug-likeness (QED) is 0.615. The Hall–Kier alpha value is -3.10. The summed E-state index contributed by atoms with van der Waals surface area (Å²) in [4.78, 5) is 16.0. The van der Waals surface area contributed by atoms with Gasteiger partial charge in [0.25, 0.3) is 12.3 Å². The SMILES string of the molecule is Cc1ccccc1C1(c2noc(-c3cc(C(F)F)nn3CC(C)(C)C(=O)O)n2)CC1. The molecular formula is C21H22F2N4O3. The van der Waals surface area contributed by atoms with Gasteiger partial charge in [-0.1, -0.05) is 29.4 Å². The summed E-state index contributed by atoms with van der Waals surface area (Å²) < 4.78 is 33.2. The van der Waals surface area contributed by atoms with Crippen molar-refractivity contribution >= 4 is 5.97 Å². The summed E-state index contributed by atoms with van der Waals surface area (Å²) in [5.41, 5.74) is 0.386. The minimum Gasteiger partial charge on any atom is -0.481 e. The molecule has 30 heavy (non-hydrogen) atoms. The lowest BCUT2D eigenvalue weighted by atomic mass is 9.91. The molecule has 1 N–H and O–H groups in total. The highest BCUT2D eigenvalue weighted by molar-refractivity contribution is 5.73. The minimum absolute atomic E-state index is 0.0467. The van der Waals surface area contributed by atoms with Crippen LogP contribution >= 0.6 is 0 Å². The predicted molar refractivity (Wildman–Crippen MR) is 103 cm³/mol. The van der Waals surface area contributed by atoms with Crippen molar-refractivity contribution in [2.45, 2.75) is 52.0 Å². The van der Waals surface area contributed by atoms with Crippen LogP contribution in [0.2, 0.25) is 0 Å². The Kier molecular flexibility index (Phi) is 4.71. The number of benzene rings is 1. The lowest BCUT2D eigenvalue weighted by molar-refractivity contribution is -0.147. The van der Waals surface area contributed by atoms with Gasteiger partial charge in [-0.15, -0.1) is 0 Å². The molecule has 0 radical (unpaired) electrons. The van der Waals surface area contributed by atoms with Gasteiger partial charge >= 0.3 is 5.97 Å². The number of halogens is 2. The van der Waals surface area contributed by atoms with Crippen molar-refractivity contribution in [1.82, 2.24) is 19.9 Å². The van der Waals surface area contributed by atoms with E-state index >= 15 is 0 Å². The monoisotopic (exact) mass is 416 g/mol. The molecule has 1 aliphatic rings. The standard InChI is InChI=1S/C21H22F2N4O3/c1-12-6-4-5-7-13(12)21(8-9-21)18-24-17(30-26-18)15-10-14(16(22)23)25-27(15)11-20(2,3)19(28)29/h4-7,10,16H,8-9,11H2,1-3H3,(H,28,29). The molecule has 0 aliphatic heterocycles. The molecule has 0 unspecified atom stereocenters. The molecule has 0 saturated heterocycles. The van der Waals surface area contributed by atoms with Crippen molar-refractivity contribution < 1.29 is 23.2 Å². The van der Waals surface area contributed by atoms with Crippen LogP contribution in [0.3, 0.4) is 0 Å². The van der Waals surface area contributed by atoms with Gasteiger partial charge in [0.1, 0.15) is 11.4 Å². The summed E-state index contributed by atoms with van der Waals surface area (Å²) in [5.74, 6) is -0.522. The molecule has 2 heterocycles. The van der Waals surface area contributed by atoms with Gasteiger partial charge in [-0.25, -0.2) is 8.78 Å². The molecule has 4 rings (SSSR count). The number of aliphatic carboxylic acids is 1. The van der Waals surface area contributed by atoms with Gasteiger partial charge in [0.2, 0.25) is 0 Å². The molecule has 0 bridgehead atoms. The fourth-order valence-electron chi connectivity index (χ4n) is 3.65. The van der Waals surface area contributed by atoms with Gasteiger partial charge in [-0.3, -0.25) is 9.48 Å². The lowest BCUT2D eigenvalue weighted by Crippen LogP contribution is -2.30. The maximum absolute atomic E-state index is 13.3. The fraction of sp³-hybridized carbons (Fsp3) is 0.429. The van der Waals surface area contributed by atoms with E-state index in [-0.39, 0.29) is 23.5 Å². The van der Waals surface area contributed by atoms with E-state index in [1.165, 1.54) is 24.6 Å². The number of carbonyl (C=O) groups is 1. The normalized spacial score (nSPS) is 15.5. The number of nitrogens with zero attached hydrogens (tertiary/aromatic N) is 4. The second-order valence-corrected chi connectivity index (χ2v) is 8.42. The molecule has 1 aromatic carbocycles. The van der Waals surface area contributed by atoms with E-state index < -0.39 is 23.5 Å². The zero-order valence-electron chi connectivity index (χ0n) is 16.9. The number of carboxylic acid groups (broad SMARTS) is 1. The van der Waals surface area contributed by atoms with Crippen molar-refractivity contribution in [3.8, 4) is 11.6 Å². The highest BCUT2D eigenvalue weighted by atomic mass is 19.3. The number of hydrogen-bond donors (Lipinski definition) is 1. The first-order valence-corrected chi connectivity index (χ1v) is 9.64. The smallest absolute Gasteiger partial charge is 0.310 e. The Labute approximate surface area is 171 Å². The third-order valence-electron chi connectivity index (χ3n) is 5.63. The topological polar surface area (TPSA) is 94.0 Å². The van der Waals surface area contributed by atoms with Crippen molar-refractivity contribution in [3.63, 3.8) is 0 Å². The van der Waals surface area contributed by atoms with E-state index in [2.05, 4.69) is 15.2 Å². The Balaban J connectivity index is 1.73. The van der Waals surface area contributed by atoms with Crippen LogP contribution in [0.4, 0.5) is 8.78 Å². The Morgan fingerprint density at radius 1 is 1.33 bits per heavy atom. The van der Waals surface area contributed by atoms with Crippen molar-refractivity contribution in [3.05, 3.63) is 53.0 Å². The fourth-order valence-corrected chi connectivity index (χ4v) is 3.65. The van der Waals surface area contributed by atoms with Gasteiger partial charge in [-0.2, -0.15) is 10.1 Å². The van der Waals surface area contributed by atoms with Crippen molar-refractivity contribution in [2.24, 2.45) is 5.41 Å². The number of aryl methyl sites for hydroxylation is 1. The molecule has 1 saturated carbocycles. The van der Waals surface area contributed by atoms with Crippen LogP contribution in [-0.4, -0.2) is 31.0 Å². The number of aromatic nitrogens is 4. The van der Waals surface area contributed by atoms with Gasteiger partial charge in [-0.05, 0) is 50.8 Å². The van der Waals surface area contributed by atoms with Gasteiger partial charge in [0.15, 0.2) is 5.82 Å². The summed E-state index contributed by atoms with van der Waals surface area (Å²) in [5, 5.41) is 17.4. The summed E-state index contributed by atoms with van der Waals surface area (Å²) in [7, 11) is 0. The van der Waals surface area contributed by atoms with E-state index in [4.69, 9.17) is 4.52 Å². The number of alkyl halides is 2. The molecule has 0 spiro atoms. The first-order chi connectivity index (χ1) is 14.1. The first-order valence-electron chi connectivity index (χ1n) is 9.64. The van der Waals surface area contributed by atoms with Crippen LogP contribution in [0.15, 0.2) is 34.9 Å². The summed E-state index contributed by atoms with van der Waals surface area (Å²) in [6, 6.07) is 9.15. The maximum Gasteiger partial charge on any atom is 0.310 e. The Morgan fingerprint density at radius 3 is 2.63 bits per heavy atom. The molecular weight excluding hydrogens is 394 g/mol. The second-order valence-electron chi connectivity index (χ2n) is 8.42. The summed E-state index contributed by atoms with van der Waals surface area (Å²) >= 11 is 0. The molecule has 1 fully saturated rings. The Bertz CT molecular complexity index is 1100. The highest BCUT2D eigenvalue weighted by Gasteiger charge is 2.50. The zero-order valence-corrected chi connectivity index (χ0v) is 16.9. The first kappa shape index (κ1) is 20.2. The second kappa shape index (κ2) is 7.00. The van der Waals surface area contributed by atoms with E-state index in [1.807, 2.05) is 31.2 Å². The lowest BCUT2D eigenvalue weighted by Gasteiger charge is -2.19. The third-order valence-corrected chi connectivity index (χ3v) is 5.63. The molecule has 0 atom stereocenters. The number of carboxylic acids is 1. The summed E-state index contributed by atoms with van der Waals surface area (Å²) in [6.07, 6.45) is -1.07. The number of hydrogen-bond acceptors (Lipinski definition) is 5. The average Bonchev–Trinajstić information content (AvgIpc) is 3.13. The van der Waals surface area contributed by atoms with Crippen LogP contribution in [0, 0.1) is 12.3 Å². The average molecular weight is 416 g/mol. The Morgan fingerprint density at radius 2 is 2.03 bits per heavy atom. The van der Waals surface area contributed by atoms with E-state index in [0.29, 0.717) is 5.82 Å². The van der Waals surface area contributed by atoms with Crippen LogP contribution < -0.4 is 0 Å². The van der Waals surface area contributed by atoms with Crippen LogP contribution in [0.5, 0.6) is 0 Å². The van der Waals surface area contributed by atoms with Gasteiger partial charge in [0, 0.05) is 0 Å². The van der Waals surface area contributed by atoms with E-state index in [1.54, 1.807) is 0 Å². The minimum atomic E-state index is -2.80. The predicted octanol–water partition coefficient (Wildman–Crippen LogP) is 4.37. The van der Waals surface area contributed by atoms with Crippen LogP contribution in [0.1, 0.15) is 55.8 Å². The number of rotatable bonds is 7. The van der Waals surface area contributed by atoms with Crippen molar-refractivity contribution in [2.75, 3.05) is 0 Å². The molecule has 7 nitrogen and oxygen atoms in total. The zero-order chi connectivity index (χ0) is 21.7. The highest BCUT2D eigenvalue weighted by Crippen LogP contribution is 2.53. The molecule has 9 heteroatoms. The molecule has 3 aromatic rings. The summed E-state index contributed by atoms with van der Waals surface area (Å²) in [6.45, 7) is 4.90. The van der Waals surface area contributed by atoms with Crippen molar-refractivity contribution in [1.29, 1.82) is 0 Å². The third kappa shape index (κ3) is 3.38. The largest absolute Gasteiger partial charge is 0.481 e. The maximum atomic E-state index is 13.3. The molecule has 1 aliphatic carbocycles. The van der Waals surface area contributed by atoms with Crippen LogP contribution in [-0.2, 0) is 16.8 Å². The van der Waals surface area contributed by atoms with E-state index in [0.717, 1.165) is 24.0 Å². The van der Waals surface area contributed by atoms with Crippen LogP contribution in [0.25, 0.3) is 11.6 Å².